The minimum atomic E-state index is -0.399. The molecular formula is C20H23N5O4S. The molecule has 0 N–H and O–H groups in total. The molecule has 0 unspecified atom stereocenters. The summed E-state index contributed by atoms with van der Waals surface area (Å²) in [5.74, 6) is 0.0175. The van der Waals surface area contributed by atoms with Gasteiger partial charge in [-0.15, -0.1) is 11.3 Å². The zero-order valence-corrected chi connectivity index (χ0v) is 17.7. The topological polar surface area (TPSA) is 93.2 Å². The molecule has 0 aliphatic carbocycles. The fourth-order valence-corrected chi connectivity index (χ4v) is 4.55. The number of hydrogen-bond donors (Lipinski definition) is 0. The molecule has 1 aliphatic rings. The maximum atomic E-state index is 12.0. The van der Waals surface area contributed by atoms with E-state index in [1.807, 2.05) is 4.90 Å². The monoisotopic (exact) mass is 429 g/mol. The van der Waals surface area contributed by atoms with Gasteiger partial charge in [-0.05, 0) is 19.1 Å². The SMILES string of the molecule is COCC(=O)N1CCN(Cc2c(-c3ccc([N+](=O)[O-])cc3)nc3sc(C)cn23)CC1. The number of carbonyl (C=O) groups excluding carboxylic acids is 1. The molecule has 9 nitrogen and oxygen atoms in total. The molecule has 3 aromatic rings. The van der Waals surface area contributed by atoms with Crippen LogP contribution < -0.4 is 0 Å². The Morgan fingerprint density at radius 2 is 1.93 bits per heavy atom. The fraction of sp³-hybridized carbons (Fsp3) is 0.400. The van der Waals surface area contributed by atoms with Crippen LogP contribution in [0.1, 0.15) is 10.6 Å². The summed E-state index contributed by atoms with van der Waals surface area (Å²) in [5, 5.41) is 11.0. The standard InChI is InChI=1S/C20H23N5O4S/c1-14-11-24-17(12-22-7-9-23(10-8-22)18(26)13-29-2)19(21-20(24)30-14)15-3-5-16(6-4-15)25(27)28/h3-6,11H,7-10,12-13H2,1-2H3. The van der Waals surface area contributed by atoms with Gasteiger partial charge in [-0.1, -0.05) is 0 Å². The lowest BCUT2D eigenvalue weighted by molar-refractivity contribution is -0.384. The average Bonchev–Trinajstić information content (AvgIpc) is 3.25. The van der Waals surface area contributed by atoms with E-state index < -0.39 is 4.92 Å². The molecule has 1 fully saturated rings. The zero-order valence-electron chi connectivity index (χ0n) is 16.9. The highest BCUT2D eigenvalue weighted by atomic mass is 32.1. The number of carbonyl (C=O) groups is 1. The number of amides is 1. The number of thiazole rings is 1. The molecule has 1 amide bonds. The minimum Gasteiger partial charge on any atom is -0.375 e. The number of nitrogens with zero attached hydrogens (tertiary/aromatic N) is 5. The third-order valence-corrected chi connectivity index (χ3v) is 6.16. The van der Waals surface area contributed by atoms with Crippen molar-refractivity contribution in [2.75, 3.05) is 39.9 Å². The average molecular weight is 430 g/mol. The lowest BCUT2D eigenvalue weighted by Gasteiger charge is -2.34. The van der Waals surface area contributed by atoms with Crippen LogP contribution in [0, 0.1) is 17.0 Å². The number of aromatic nitrogens is 2. The predicted octanol–water partition coefficient (Wildman–Crippen LogP) is 2.57. The van der Waals surface area contributed by atoms with Gasteiger partial charge in [0.05, 0.1) is 16.3 Å². The van der Waals surface area contributed by atoms with E-state index >= 15 is 0 Å². The summed E-state index contributed by atoms with van der Waals surface area (Å²) >= 11 is 1.62. The molecule has 2 aromatic heterocycles. The Labute approximate surface area is 177 Å². The Bertz CT molecular complexity index is 1070. The molecule has 30 heavy (non-hydrogen) atoms. The molecule has 1 saturated heterocycles. The molecule has 0 bridgehead atoms. The van der Waals surface area contributed by atoms with Gasteiger partial charge < -0.3 is 9.64 Å². The molecule has 3 heterocycles. The number of non-ortho nitro benzene ring substituents is 1. The lowest BCUT2D eigenvalue weighted by Crippen LogP contribution is -2.49. The van der Waals surface area contributed by atoms with Crippen LogP contribution in [0.15, 0.2) is 30.5 Å². The third kappa shape index (κ3) is 4.07. The first-order valence-electron chi connectivity index (χ1n) is 9.67. The molecule has 4 rings (SSSR count). The molecule has 0 radical (unpaired) electrons. The maximum Gasteiger partial charge on any atom is 0.269 e. The van der Waals surface area contributed by atoms with Crippen molar-refractivity contribution in [3.63, 3.8) is 0 Å². The van der Waals surface area contributed by atoms with E-state index in [9.17, 15) is 14.9 Å². The van der Waals surface area contributed by atoms with E-state index in [2.05, 4.69) is 22.4 Å². The summed E-state index contributed by atoms with van der Waals surface area (Å²) in [7, 11) is 1.53. The largest absolute Gasteiger partial charge is 0.375 e. The lowest BCUT2D eigenvalue weighted by atomic mass is 10.1. The Morgan fingerprint density at radius 1 is 1.23 bits per heavy atom. The molecule has 0 spiro atoms. The van der Waals surface area contributed by atoms with Crippen molar-refractivity contribution in [2.45, 2.75) is 13.5 Å². The summed E-state index contributed by atoms with van der Waals surface area (Å²) in [6.45, 7) is 5.73. The van der Waals surface area contributed by atoms with Crippen LogP contribution in [-0.2, 0) is 16.1 Å². The molecule has 158 valence electrons. The van der Waals surface area contributed by atoms with Crippen molar-refractivity contribution < 1.29 is 14.5 Å². The highest BCUT2D eigenvalue weighted by Crippen LogP contribution is 2.30. The minimum absolute atomic E-state index is 0.0175. The summed E-state index contributed by atoms with van der Waals surface area (Å²) in [6.07, 6.45) is 2.08. The second kappa shape index (κ2) is 8.50. The summed E-state index contributed by atoms with van der Waals surface area (Å²) < 4.78 is 7.06. The quantitative estimate of drug-likeness (QED) is 0.442. The highest BCUT2D eigenvalue weighted by Gasteiger charge is 2.24. The number of methoxy groups -OCH3 is 1. The molecule has 0 saturated carbocycles. The van der Waals surface area contributed by atoms with Crippen LogP contribution in [0.25, 0.3) is 16.2 Å². The fourth-order valence-electron chi connectivity index (χ4n) is 3.71. The number of aryl methyl sites for hydroxylation is 1. The Morgan fingerprint density at radius 3 is 2.57 bits per heavy atom. The number of nitro groups is 1. The van der Waals surface area contributed by atoms with E-state index in [4.69, 9.17) is 9.72 Å². The van der Waals surface area contributed by atoms with Crippen LogP contribution in [0.4, 0.5) is 5.69 Å². The predicted molar refractivity (Wildman–Crippen MR) is 114 cm³/mol. The summed E-state index contributed by atoms with van der Waals surface area (Å²) in [5.41, 5.74) is 2.82. The van der Waals surface area contributed by atoms with Crippen molar-refractivity contribution in [1.82, 2.24) is 19.2 Å². The maximum absolute atomic E-state index is 12.0. The van der Waals surface area contributed by atoms with Gasteiger partial charge in [0, 0.05) is 68.6 Å². The van der Waals surface area contributed by atoms with Crippen molar-refractivity contribution in [3.05, 3.63) is 51.1 Å². The van der Waals surface area contributed by atoms with Crippen molar-refractivity contribution in [3.8, 4) is 11.3 Å². The number of imidazole rings is 1. The molecular weight excluding hydrogens is 406 g/mol. The number of fused-ring (bicyclic) bond motifs is 1. The number of nitro benzene ring substituents is 1. The number of rotatable bonds is 6. The first kappa shape index (κ1) is 20.5. The second-order valence-corrected chi connectivity index (χ2v) is 8.51. The molecule has 0 atom stereocenters. The number of hydrogen-bond acceptors (Lipinski definition) is 7. The van der Waals surface area contributed by atoms with Crippen molar-refractivity contribution in [1.29, 1.82) is 0 Å². The van der Waals surface area contributed by atoms with Gasteiger partial charge in [0.25, 0.3) is 5.69 Å². The van der Waals surface area contributed by atoms with E-state index in [1.165, 1.54) is 24.1 Å². The first-order valence-corrected chi connectivity index (χ1v) is 10.5. The van der Waals surface area contributed by atoms with Gasteiger partial charge in [0.2, 0.25) is 5.91 Å². The first-order chi connectivity index (χ1) is 14.5. The smallest absolute Gasteiger partial charge is 0.269 e. The Kier molecular flexibility index (Phi) is 5.80. The molecule has 10 heteroatoms. The van der Waals surface area contributed by atoms with Gasteiger partial charge in [0.1, 0.15) is 6.61 Å². The Hall–Kier alpha value is -2.82. The van der Waals surface area contributed by atoms with E-state index in [1.54, 1.807) is 23.5 Å². The second-order valence-electron chi connectivity index (χ2n) is 7.30. The number of piperazine rings is 1. The zero-order chi connectivity index (χ0) is 21.3. The van der Waals surface area contributed by atoms with E-state index in [0.29, 0.717) is 19.6 Å². The summed E-state index contributed by atoms with van der Waals surface area (Å²) in [4.78, 5) is 33.6. The van der Waals surface area contributed by atoms with E-state index in [0.717, 1.165) is 35.0 Å². The molecule has 1 aliphatic heterocycles. The summed E-state index contributed by atoms with van der Waals surface area (Å²) in [6, 6.07) is 6.53. The number of ether oxygens (including phenoxy) is 1. The normalized spacial score (nSPS) is 15.1. The van der Waals surface area contributed by atoms with Gasteiger partial charge in [-0.25, -0.2) is 4.98 Å². The van der Waals surface area contributed by atoms with Gasteiger partial charge in [-0.3, -0.25) is 24.2 Å². The van der Waals surface area contributed by atoms with Gasteiger partial charge in [0.15, 0.2) is 4.96 Å². The van der Waals surface area contributed by atoms with Crippen molar-refractivity contribution >= 4 is 27.9 Å². The third-order valence-electron chi connectivity index (χ3n) is 5.26. The van der Waals surface area contributed by atoms with Crippen LogP contribution >= 0.6 is 11.3 Å². The van der Waals surface area contributed by atoms with Crippen LogP contribution in [-0.4, -0.2) is 69.9 Å². The highest BCUT2D eigenvalue weighted by molar-refractivity contribution is 7.17. The number of benzene rings is 1. The van der Waals surface area contributed by atoms with Crippen LogP contribution in [0.2, 0.25) is 0 Å². The van der Waals surface area contributed by atoms with Gasteiger partial charge in [-0.2, -0.15) is 0 Å². The Balaban J connectivity index is 1.58. The molecule has 1 aromatic carbocycles. The van der Waals surface area contributed by atoms with Gasteiger partial charge >= 0.3 is 0 Å². The van der Waals surface area contributed by atoms with Crippen molar-refractivity contribution in [2.24, 2.45) is 0 Å². The van der Waals surface area contributed by atoms with E-state index in [-0.39, 0.29) is 18.2 Å². The van der Waals surface area contributed by atoms with Crippen LogP contribution in [0.3, 0.4) is 0 Å². The van der Waals surface area contributed by atoms with Crippen LogP contribution in [0.5, 0.6) is 0 Å².